The van der Waals surface area contributed by atoms with Crippen LogP contribution in [0.5, 0.6) is 0 Å². The van der Waals surface area contributed by atoms with E-state index in [-0.39, 0.29) is 18.4 Å². The fourth-order valence-electron chi connectivity index (χ4n) is 1.33. The lowest BCUT2D eigenvalue weighted by molar-refractivity contribution is 0.141. The van der Waals surface area contributed by atoms with E-state index < -0.39 is 6.09 Å². The monoisotopic (exact) mass is 180 g/mol. The van der Waals surface area contributed by atoms with E-state index in [0.717, 1.165) is 12.8 Å². The van der Waals surface area contributed by atoms with E-state index in [0.29, 0.717) is 13.1 Å². The second-order valence-corrected chi connectivity index (χ2v) is 2.51. The zero-order valence-corrected chi connectivity index (χ0v) is 7.01. The molecule has 0 aromatic heterocycles. The largest absolute Gasteiger partial charge is 0.465 e. The van der Waals surface area contributed by atoms with Gasteiger partial charge < -0.3 is 15.7 Å². The van der Waals surface area contributed by atoms with Crippen molar-refractivity contribution in [1.29, 1.82) is 0 Å². The molecule has 1 atom stereocenters. The Balaban J connectivity index is 0.000001000. The van der Waals surface area contributed by atoms with E-state index in [1.54, 1.807) is 0 Å². The van der Waals surface area contributed by atoms with Crippen LogP contribution < -0.4 is 5.73 Å². The zero-order valence-electron chi connectivity index (χ0n) is 6.19. The second-order valence-electron chi connectivity index (χ2n) is 2.51. The Kier molecular flexibility index (Phi) is 4.22. The molecule has 0 saturated carbocycles. The number of nitrogens with two attached hydrogens (primary N) is 1. The van der Waals surface area contributed by atoms with Crippen LogP contribution >= 0.6 is 12.4 Å². The molecular weight excluding hydrogens is 168 g/mol. The van der Waals surface area contributed by atoms with Gasteiger partial charge in [0.2, 0.25) is 0 Å². The molecule has 1 heterocycles. The molecule has 4 nitrogen and oxygen atoms in total. The molecule has 0 radical (unpaired) electrons. The molecule has 1 fully saturated rings. The Morgan fingerprint density at radius 3 is 2.73 bits per heavy atom. The molecule has 1 aliphatic rings. The van der Waals surface area contributed by atoms with Crippen LogP contribution in [0.2, 0.25) is 0 Å². The zero-order chi connectivity index (χ0) is 7.56. The van der Waals surface area contributed by atoms with Crippen molar-refractivity contribution in [2.24, 2.45) is 5.73 Å². The first kappa shape index (κ1) is 10.5. The highest BCUT2D eigenvalue weighted by Gasteiger charge is 2.26. The SMILES string of the molecule is Cl.NC[C@H]1CCCN1C(=O)O. The first-order valence-electron chi connectivity index (χ1n) is 3.45. The average molecular weight is 181 g/mol. The molecule has 11 heavy (non-hydrogen) atoms. The molecule has 0 spiro atoms. The maximum atomic E-state index is 10.4. The van der Waals surface area contributed by atoms with Crippen molar-refractivity contribution in [3.8, 4) is 0 Å². The fraction of sp³-hybridized carbons (Fsp3) is 0.833. The molecule has 0 aliphatic carbocycles. The molecule has 1 aliphatic heterocycles. The Morgan fingerprint density at radius 2 is 2.36 bits per heavy atom. The van der Waals surface area contributed by atoms with Crippen molar-refractivity contribution in [3.05, 3.63) is 0 Å². The summed E-state index contributed by atoms with van der Waals surface area (Å²) in [7, 11) is 0. The van der Waals surface area contributed by atoms with Gasteiger partial charge in [-0.2, -0.15) is 0 Å². The number of halogens is 1. The van der Waals surface area contributed by atoms with E-state index in [4.69, 9.17) is 10.8 Å². The molecule has 5 heteroatoms. The summed E-state index contributed by atoms with van der Waals surface area (Å²) in [6, 6.07) is 0.0671. The number of nitrogens with zero attached hydrogens (tertiary/aromatic N) is 1. The number of likely N-dealkylation sites (tertiary alicyclic amines) is 1. The topological polar surface area (TPSA) is 66.6 Å². The van der Waals surface area contributed by atoms with Gasteiger partial charge in [0.15, 0.2) is 0 Å². The van der Waals surface area contributed by atoms with Gasteiger partial charge in [0.25, 0.3) is 0 Å². The van der Waals surface area contributed by atoms with Gasteiger partial charge >= 0.3 is 6.09 Å². The lowest BCUT2D eigenvalue weighted by Crippen LogP contribution is -2.38. The van der Waals surface area contributed by atoms with Crippen LogP contribution in [-0.2, 0) is 0 Å². The smallest absolute Gasteiger partial charge is 0.407 e. The predicted molar refractivity (Wildman–Crippen MR) is 44.1 cm³/mol. The maximum Gasteiger partial charge on any atom is 0.407 e. The number of carboxylic acid groups (broad SMARTS) is 1. The third-order valence-electron chi connectivity index (χ3n) is 1.89. The minimum absolute atomic E-state index is 0. The third-order valence-corrected chi connectivity index (χ3v) is 1.89. The molecule has 1 amide bonds. The third kappa shape index (κ3) is 2.24. The summed E-state index contributed by atoms with van der Waals surface area (Å²) < 4.78 is 0. The Bertz CT molecular complexity index is 143. The van der Waals surface area contributed by atoms with Crippen molar-refractivity contribution < 1.29 is 9.90 Å². The highest BCUT2D eigenvalue weighted by molar-refractivity contribution is 5.85. The summed E-state index contributed by atoms with van der Waals surface area (Å²) in [5, 5.41) is 8.59. The van der Waals surface area contributed by atoms with Gasteiger partial charge in [-0.1, -0.05) is 0 Å². The molecule has 1 saturated heterocycles. The number of amides is 1. The molecule has 0 aromatic rings. The predicted octanol–water partition coefficient (Wildman–Crippen LogP) is 0.509. The van der Waals surface area contributed by atoms with E-state index >= 15 is 0 Å². The molecule has 0 unspecified atom stereocenters. The molecule has 0 bridgehead atoms. The van der Waals surface area contributed by atoms with E-state index in [1.165, 1.54) is 4.90 Å². The highest BCUT2D eigenvalue weighted by Crippen LogP contribution is 2.15. The van der Waals surface area contributed by atoms with Crippen LogP contribution in [-0.4, -0.2) is 35.2 Å². The van der Waals surface area contributed by atoms with Crippen LogP contribution in [0.15, 0.2) is 0 Å². The summed E-state index contributed by atoms with van der Waals surface area (Å²) in [5.41, 5.74) is 5.36. The minimum Gasteiger partial charge on any atom is -0.465 e. The van der Waals surface area contributed by atoms with Gasteiger partial charge in [-0.15, -0.1) is 12.4 Å². The van der Waals surface area contributed by atoms with E-state index in [2.05, 4.69) is 0 Å². The Hall–Kier alpha value is -0.480. The lowest BCUT2D eigenvalue weighted by atomic mass is 10.2. The molecule has 0 aromatic carbocycles. The van der Waals surface area contributed by atoms with Gasteiger partial charge in [0.05, 0.1) is 0 Å². The van der Waals surface area contributed by atoms with Crippen molar-refractivity contribution in [2.75, 3.05) is 13.1 Å². The average Bonchev–Trinajstić information content (AvgIpc) is 2.33. The van der Waals surface area contributed by atoms with Crippen LogP contribution in [0, 0.1) is 0 Å². The van der Waals surface area contributed by atoms with Crippen molar-refractivity contribution in [3.63, 3.8) is 0 Å². The van der Waals surface area contributed by atoms with Gasteiger partial charge in [0.1, 0.15) is 0 Å². The van der Waals surface area contributed by atoms with Gasteiger partial charge in [-0.3, -0.25) is 0 Å². The maximum absolute atomic E-state index is 10.4. The first-order valence-corrected chi connectivity index (χ1v) is 3.45. The summed E-state index contributed by atoms with van der Waals surface area (Å²) >= 11 is 0. The summed E-state index contributed by atoms with van der Waals surface area (Å²) in [4.78, 5) is 11.9. The second kappa shape index (κ2) is 4.41. The standard InChI is InChI=1S/C6H12N2O2.ClH/c7-4-5-2-1-3-8(5)6(9)10;/h5H,1-4,7H2,(H,9,10);1H/t5-;/m1./s1. The molecular formula is C6H13ClN2O2. The summed E-state index contributed by atoms with van der Waals surface area (Å²) in [6.07, 6.45) is 1.03. The lowest BCUT2D eigenvalue weighted by Gasteiger charge is -2.18. The van der Waals surface area contributed by atoms with Crippen molar-refractivity contribution in [2.45, 2.75) is 18.9 Å². The van der Waals surface area contributed by atoms with Crippen LogP contribution in [0.3, 0.4) is 0 Å². The Morgan fingerprint density at radius 1 is 1.73 bits per heavy atom. The number of carbonyl (C=O) groups is 1. The van der Waals surface area contributed by atoms with Gasteiger partial charge in [-0.25, -0.2) is 4.79 Å². The van der Waals surface area contributed by atoms with E-state index in [9.17, 15) is 4.79 Å². The Labute approximate surface area is 71.8 Å². The summed E-state index contributed by atoms with van der Waals surface area (Å²) in [6.45, 7) is 1.10. The quantitative estimate of drug-likeness (QED) is 0.618. The van der Waals surface area contributed by atoms with Gasteiger partial charge in [0, 0.05) is 19.1 Å². The molecule has 1 rings (SSSR count). The van der Waals surface area contributed by atoms with Crippen molar-refractivity contribution >= 4 is 18.5 Å². The summed E-state index contributed by atoms with van der Waals surface area (Å²) in [5.74, 6) is 0. The van der Waals surface area contributed by atoms with Crippen molar-refractivity contribution in [1.82, 2.24) is 4.90 Å². The normalized spacial score (nSPS) is 23.0. The molecule has 66 valence electrons. The number of hydrogen-bond donors (Lipinski definition) is 2. The first-order chi connectivity index (χ1) is 4.75. The molecule has 3 N–H and O–H groups in total. The highest BCUT2D eigenvalue weighted by atomic mass is 35.5. The number of hydrogen-bond acceptors (Lipinski definition) is 2. The van der Waals surface area contributed by atoms with Crippen LogP contribution in [0.25, 0.3) is 0 Å². The van der Waals surface area contributed by atoms with Crippen LogP contribution in [0.1, 0.15) is 12.8 Å². The van der Waals surface area contributed by atoms with Crippen LogP contribution in [0.4, 0.5) is 4.79 Å². The van der Waals surface area contributed by atoms with Gasteiger partial charge in [-0.05, 0) is 12.8 Å². The van der Waals surface area contributed by atoms with E-state index in [1.807, 2.05) is 0 Å². The minimum atomic E-state index is -0.840. The fourth-order valence-corrected chi connectivity index (χ4v) is 1.33. The number of rotatable bonds is 1.